The van der Waals surface area contributed by atoms with Crippen LogP contribution in [0, 0.1) is 27.7 Å². The number of benzene rings is 2. The van der Waals surface area contributed by atoms with Crippen LogP contribution >= 0.6 is 0 Å². The van der Waals surface area contributed by atoms with E-state index >= 15 is 0 Å². The summed E-state index contributed by atoms with van der Waals surface area (Å²) in [5.74, 6) is 1.01. The Hall–Kier alpha value is -2.21. The number of sulfonamides is 1. The molecule has 6 heteroatoms. The summed E-state index contributed by atoms with van der Waals surface area (Å²) >= 11 is 0. The van der Waals surface area contributed by atoms with Gasteiger partial charge in [-0.15, -0.1) is 0 Å². The van der Waals surface area contributed by atoms with E-state index in [-0.39, 0.29) is 0 Å². The van der Waals surface area contributed by atoms with Crippen LogP contribution in [0.4, 0.5) is 5.69 Å². The zero-order valence-electron chi connectivity index (χ0n) is 14.9. The van der Waals surface area contributed by atoms with Crippen LogP contribution in [-0.4, -0.2) is 22.6 Å². The third-order valence-electron chi connectivity index (χ3n) is 4.20. The standard InChI is InChI=1S/C18H23NO4S/c1-11-9-12(2)14(4)18(13(11)3)24(20,21)19-15-7-8-16(22-5)17(10-15)23-6/h7-10,19H,1-6H3. The average molecular weight is 349 g/mol. The van der Waals surface area contributed by atoms with Crippen molar-refractivity contribution in [3.63, 3.8) is 0 Å². The Labute approximate surface area is 143 Å². The first-order valence-electron chi connectivity index (χ1n) is 7.53. The lowest BCUT2D eigenvalue weighted by Gasteiger charge is -2.17. The Morgan fingerprint density at radius 1 is 0.833 bits per heavy atom. The van der Waals surface area contributed by atoms with Gasteiger partial charge in [-0.1, -0.05) is 6.07 Å². The maximum absolute atomic E-state index is 12.9. The quantitative estimate of drug-likeness (QED) is 0.893. The third kappa shape index (κ3) is 3.33. The predicted molar refractivity (Wildman–Crippen MR) is 95.7 cm³/mol. The second kappa shape index (κ2) is 6.73. The van der Waals surface area contributed by atoms with Crippen LogP contribution in [0.3, 0.4) is 0 Å². The highest BCUT2D eigenvalue weighted by atomic mass is 32.2. The van der Waals surface area contributed by atoms with Crippen molar-refractivity contribution in [3.05, 3.63) is 46.5 Å². The third-order valence-corrected chi connectivity index (χ3v) is 5.86. The van der Waals surface area contributed by atoms with Gasteiger partial charge < -0.3 is 9.47 Å². The highest BCUT2D eigenvalue weighted by Crippen LogP contribution is 2.32. The monoisotopic (exact) mass is 349 g/mol. The van der Waals surface area contributed by atoms with Crippen molar-refractivity contribution >= 4 is 15.7 Å². The molecule has 0 aliphatic carbocycles. The van der Waals surface area contributed by atoms with Gasteiger partial charge in [-0.05, 0) is 62.1 Å². The number of aryl methyl sites for hydroxylation is 2. The number of hydrogen-bond acceptors (Lipinski definition) is 4. The Kier molecular flexibility index (Phi) is 5.08. The van der Waals surface area contributed by atoms with E-state index in [2.05, 4.69) is 4.72 Å². The Balaban J connectivity index is 2.51. The average Bonchev–Trinajstić information content (AvgIpc) is 2.52. The molecule has 130 valence electrons. The molecule has 5 nitrogen and oxygen atoms in total. The minimum atomic E-state index is -3.71. The molecule has 0 aliphatic heterocycles. The highest BCUT2D eigenvalue weighted by molar-refractivity contribution is 7.92. The molecule has 0 saturated carbocycles. The van der Waals surface area contributed by atoms with Gasteiger partial charge in [0, 0.05) is 6.07 Å². The Morgan fingerprint density at radius 3 is 1.88 bits per heavy atom. The van der Waals surface area contributed by atoms with E-state index in [1.54, 1.807) is 18.2 Å². The van der Waals surface area contributed by atoms with Gasteiger partial charge in [0.05, 0.1) is 24.8 Å². The fraction of sp³-hybridized carbons (Fsp3) is 0.333. The van der Waals surface area contributed by atoms with Gasteiger partial charge in [-0.25, -0.2) is 8.42 Å². The number of ether oxygens (including phenoxy) is 2. The van der Waals surface area contributed by atoms with E-state index in [1.807, 2.05) is 33.8 Å². The second-order valence-corrected chi connectivity index (χ2v) is 7.38. The van der Waals surface area contributed by atoms with Gasteiger partial charge in [0.2, 0.25) is 0 Å². The SMILES string of the molecule is COc1ccc(NS(=O)(=O)c2c(C)c(C)cc(C)c2C)cc1OC. The van der Waals surface area contributed by atoms with Crippen LogP contribution in [0.5, 0.6) is 11.5 Å². The molecule has 0 saturated heterocycles. The minimum absolute atomic E-state index is 0.329. The lowest BCUT2D eigenvalue weighted by atomic mass is 10.0. The van der Waals surface area contributed by atoms with Gasteiger partial charge in [0.1, 0.15) is 0 Å². The van der Waals surface area contributed by atoms with E-state index in [0.717, 1.165) is 22.3 Å². The molecule has 24 heavy (non-hydrogen) atoms. The first kappa shape index (κ1) is 18.1. The number of rotatable bonds is 5. The second-order valence-electron chi connectivity index (χ2n) is 5.76. The van der Waals surface area contributed by atoms with E-state index < -0.39 is 10.0 Å². The molecule has 0 amide bonds. The Bertz CT molecular complexity index is 847. The summed E-state index contributed by atoms with van der Waals surface area (Å²) in [4.78, 5) is 0.329. The van der Waals surface area contributed by atoms with Gasteiger partial charge in [-0.3, -0.25) is 4.72 Å². The number of hydrogen-bond donors (Lipinski definition) is 1. The maximum atomic E-state index is 12.9. The number of nitrogens with one attached hydrogen (secondary N) is 1. The molecule has 2 aromatic rings. The van der Waals surface area contributed by atoms with Crippen LogP contribution in [0.25, 0.3) is 0 Å². The lowest BCUT2D eigenvalue weighted by Crippen LogP contribution is -2.17. The van der Waals surface area contributed by atoms with Crippen LogP contribution in [0.2, 0.25) is 0 Å². The van der Waals surface area contributed by atoms with Crippen LogP contribution < -0.4 is 14.2 Å². The molecule has 0 aliphatic rings. The molecule has 2 rings (SSSR count). The Morgan fingerprint density at radius 2 is 1.38 bits per heavy atom. The van der Waals surface area contributed by atoms with Crippen LogP contribution in [-0.2, 0) is 10.0 Å². The summed E-state index contributed by atoms with van der Waals surface area (Å²) in [6.07, 6.45) is 0. The van der Waals surface area contributed by atoms with Gasteiger partial charge in [0.25, 0.3) is 10.0 Å². The van der Waals surface area contributed by atoms with Gasteiger partial charge >= 0.3 is 0 Å². The lowest BCUT2D eigenvalue weighted by molar-refractivity contribution is 0.355. The largest absolute Gasteiger partial charge is 0.493 e. The fourth-order valence-electron chi connectivity index (χ4n) is 2.69. The highest BCUT2D eigenvalue weighted by Gasteiger charge is 2.22. The van der Waals surface area contributed by atoms with Crippen LogP contribution in [0.1, 0.15) is 22.3 Å². The maximum Gasteiger partial charge on any atom is 0.262 e. The first-order valence-corrected chi connectivity index (χ1v) is 9.01. The molecule has 0 radical (unpaired) electrons. The molecule has 0 fully saturated rings. The predicted octanol–water partition coefficient (Wildman–Crippen LogP) is 3.74. The zero-order valence-corrected chi connectivity index (χ0v) is 15.7. The molecule has 0 unspecified atom stereocenters. The normalized spacial score (nSPS) is 11.2. The van der Waals surface area contributed by atoms with E-state index in [4.69, 9.17) is 9.47 Å². The van der Waals surface area contributed by atoms with Crippen molar-refractivity contribution < 1.29 is 17.9 Å². The summed E-state index contributed by atoms with van der Waals surface area (Å²) in [6, 6.07) is 6.91. The van der Waals surface area contributed by atoms with Crippen molar-refractivity contribution in [2.75, 3.05) is 18.9 Å². The molecule has 0 heterocycles. The molecule has 1 N–H and O–H groups in total. The summed E-state index contributed by atoms with van der Waals surface area (Å²) in [6.45, 7) is 7.48. The molecule has 0 bridgehead atoms. The molecular formula is C18H23NO4S. The van der Waals surface area contributed by atoms with Crippen molar-refractivity contribution in [3.8, 4) is 11.5 Å². The van der Waals surface area contributed by atoms with Crippen LogP contribution in [0.15, 0.2) is 29.2 Å². The van der Waals surface area contributed by atoms with Gasteiger partial charge in [0.15, 0.2) is 11.5 Å². The topological polar surface area (TPSA) is 64.6 Å². The molecule has 0 atom stereocenters. The van der Waals surface area contributed by atoms with Crippen molar-refractivity contribution in [1.29, 1.82) is 0 Å². The summed E-state index contributed by atoms with van der Waals surface area (Å²) in [5.41, 5.74) is 3.83. The van der Waals surface area contributed by atoms with E-state index in [1.165, 1.54) is 14.2 Å². The molecule has 0 aromatic heterocycles. The first-order chi connectivity index (χ1) is 11.2. The van der Waals surface area contributed by atoms with Crippen molar-refractivity contribution in [2.45, 2.75) is 32.6 Å². The molecule has 2 aromatic carbocycles. The zero-order chi connectivity index (χ0) is 18.1. The van der Waals surface area contributed by atoms with Crippen molar-refractivity contribution in [2.24, 2.45) is 0 Å². The number of methoxy groups -OCH3 is 2. The smallest absolute Gasteiger partial charge is 0.262 e. The summed E-state index contributed by atoms with van der Waals surface area (Å²) < 4.78 is 38.9. The molecule has 0 spiro atoms. The molecular weight excluding hydrogens is 326 g/mol. The fourth-order valence-corrected chi connectivity index (χ4v) is 4.36. The van der Waals surface area contributed by atoms with E-state index in [0.29, 0.717) is 22.1 Å². The summed E-state index contributed by atoms with van der Waals surface area (Å²) in [7, 11) is -0.671. The van der Waals surface area contributed by atoms with E-state index in [9.17, 15) is 8.42 Å². The number of anilines is 1. The summed E-state index contributed by atoms with van der Waals surface area (Å²) in [5, 5.41) is 0. The minimum Gasteiger partial charge on any atom is -0.493 e. The van der Waals surface area contributed by atoms with Crippen molar-refractivity contribution in [1.82, 2.24) is 0 Å². The van der Waals surface area contributed by atoms with Gasteiger partial charge in [-0.2, -0.15) is 0 Å².